The Kier molecular flexibility index (Phi) is 4.21. The molecule has 3 atom stereocenters. The molecule has 3 heteroatoms. The Morgan fingerprint density at radius 1 is 1.17 bits per heavy atom. The zero-order valence-electron chi connectivity index (χ0n) is 12.0. The van der Waals surface area contributed by atoms with Gasteiger partial charge in [0.15, 0.2) is 0 Å². The van der Waals surface area contributed by atoms with Crippen LogP contribution >= 0.6 is 11.8 Å². The Morgan fingerprint density at radius 3 is 2.78 bits per heavy atom. The monoisotopic (exact) mass is 268 g/mol. The van der Waals surface area contributed by atoms with Crippen molar-refractivity contribution in [2.24, 2.45) is 5.92 Å². The van der Waals surface area contributed by atoms with E-state index in [1.807, 2.05) is 0 Å². The molecule has 3 fully saturated rings. The van der Waals surface area contributed by atoms with Crippen molar-refractivity contribution in [3.63, 3.8) is 0 Å². The Morgan fingerprint density at radius 2 is 2.06 bits per heavy atom. The van der Waals surface area contributed by atoms with Crippen LogP contribution in [0.2, 0.25) is 0 Å². The molecule has 0 aliphatic carbocycles. The Balaban J connectivity index is 1.64. The third kappa shape index (κ3) is 2.73. The van der Waals surface area contributed by atoms with Gasteiger partial charge in [0.05, 0.1) is 0 Å². The second kappa shape index (κ2) is 5.72. The van der Waals surface area contributed by atoms with Crippen LogP contribution < -0.4 is 0 Å². The molecule has 2 nitrogen and oxygen atoms in total. The van der Waals surface area contributed by atoms with Crippen molar-refractivity contribution in [1.29, 1.82) is 0 Å². The maximum Gasteiger partial charge on any atom is 0.0247 e. The lowest BCUT2D eigenvalue weighted by molar-refractivity contribution is 0.0297. The highest BCUT2D eigenvalue weighted by Gasteiger charge is 2.38. The van der Waals surface area contributed by atoms with Crippen molar-refractivity contribution < 1.29 is 0 Å². The molecule has 0 saturated carbocycles. The van der Waals surface area contributed by atoms with Gasteiger partial charge in [0.25, 0.3) is 0 Å². The summed E-state index contributed by atoms with van der Waals surface area (Å²) in [6, 6.07) is 1.69. The molecule has 0 aromatic carbocycles. The van der Waals surface area contributed by atoms with E-state index >= 15 is 0 Å². The van der Waals surface area contributed by atoms with E-state index in [9.17, 15) is 0 Å². The van der Waals surface area contributed by atoms with Gasteiger partial charge in [-0.1, -0.05) is 13.8 Å². The Labute approximate surface area is 116 Å². The summed E-state index contributed by atoms with van der Waals surface area (Å²) < 4.78 is 0. The molecule has 0 aromatic heterocycles. The zero-order chi connectivity index (χ0) is 12.5. The molecular formula is C15H28N2S. The first-order valence-electron chi connectivity index (χ1n) is 7.83. The molecule has 3 rings (SSSR count). The lowest BCUT2D eigenvalue weighted by atomic mass is 9.97. The summed E-state index contributed by atoms with van der Waals surface area (Å²) >= 11 is 2.22. The highest BCUT2D eigenvalue weighted by atomic mass is 32.2. The van der Waals surface area contributed by atoms with Crippen LogP contribution in [0.5, 0.6) is 0 Å². The second-order valence-electron chi connectivity index (χ2n) is 6.69. The first kappa shape index (κ1) is 13.3. The Hall–Kier alpha value is 0.270. The summed E-state index contributed by atoms with van der Waals surface area (Å²) in [4.78, 5) is 5.61. The van der Waals surface area contributed by atoms with Gasteiger partial charge in [-0.2, -0.15) is 11.8 Å². The molecule has 0 amide bonds. The van der Waals surface area contributed by atoms with E-state index in [0.29, 0.717) is 0 Å². The number of nitrogens with zero attached hydrogens (tertiary/aromatic N) is 2. The molecule has 0 bridgehead atoms. The van der Waals surface area contributed by atoms with Crippen LogP contribution in [-0.2, 0) is 0 Å². The predicted octanol–water partition coefficient (Wildman–Crippen LogP) is 2.69. The van der Waals surface area contributed by atoms with Gasteiger partial charge in [-0.15, -0.1) is 0 Å². The molecule has 3 saturated heterocycles. The first-order chi connectivity index (χ1) is 8.74. The van der Waals surface area contributed by atoms with E-state index < -0.39 is 0 Å². The molecule has 3 aliphatic rings. The summed E-state index contributed by atoms with van der Waals surface area (Å²) in [6.45, 7) is 10.2. The largest absolute Gasteiger partial charge is 0.298 e. The van der Waals surface area contributed by atoms with Gasteiger partial charge in [0.1, 0.15) is 0 Å². The fourth-order valence-corrected chi connectivity index (χ4v) is 5.29. The van der Waals surface area contributed by atoms with E-state index in [1.54, 1.807) is 0 Å². The SMILES string of the molecule is CC(C)C1CN2CCCC2CN1CC1CCCS1. The third-order valence-corrected chi connectivity index (χ3v) is 6.45. The number of thioether (sulfide) groups is 1. The van der Waals surface area contributed by atoms with Crippen molar-refractivity contribution in [3.8, 4) is 0 Å². The summed E-state index contributed by atoms with van der Waals surface area (Å²) in [6.07, 6.45) is 5.78. The van der Waals surface area contributed by atoms with Crippen LogP contribution in [-0.4, -0.2) is 59.1 Å². The van der Waals surface area contributed by atoms with Crippen molar-refractivity contribution in [2.45, 2.75) is 56.9 Å². The van der Waals surface area contributed by atoms with Crippen LogP contribution in [0.3, 0.4) is 0 Å². The van der Waals surface area contributed by atoms with E-state index in [1.165, 1.54) is 57.6 Å². The highest BCUT2D eigenvalue weighted by Crippen LogP contribution is 2.32. The molecule has 0 N–H and O–H groups in total. The summed E-state index contributed by atoms with van der Waals surface area (Å²) in [5, 5.41) is 0.930. The summed E-state index contributed by atoms with van der Waals surface area (Å²) in [5.41, 5.74) is 0. The number of fused-ring (bicyclic) bond motifs is 1. The first-order valence-corrected chi connectivity index (χ1v) is 8.88. The molecular weight excluding hydrogens is 240 g/mol. The smallest absolute Gasteiger partial charge is 0.0247 e. The molecule has 3 heterocycles. The van der Waals surface area contributed by atoms with E-state index in [-0.39, 0.29) is 0 Å². The minimum atomic E-state index is 0.804. The lowest BCUT2D eigenvalue weighted by Gasteiger charge is -2.46. The van der Waals surface area contributed by atoms with Crippen molar-refractivity contribution in [1.82, 2.24) is 9.80 Å². The van der Waals surface area contributed by atoms with Crippen LogP contribution in [0.1, 0.15) is 39.5 Å². The second-order valence-corrected chi connectivity index (χ2v) is 8.10. The van der Waals surface area contributed by atoms with Gasteiger partial charge in [-0.3, -0.25) is 9.80 Å². The van der Waals surface area contributed by atoms with Crippen LogP contribution in [0.15, 0.2) is 0 Å². The van der Waals surface area contributed by atoms with E-state index in [2.05, 4.69) is 35.4 Å². The average Bonchev–Trinajstić information content (AvgIpc) is 2.97. The molecule has 104 valence electrons. The summed E-state index contributed by atoms with van der Waals surface area (Å²) in [5.74, 6) is 2.21. The van der Waals surface area contributed by atoms with Crippen molar-refractivity contribution in [2.75, 3.05) is 31.9 Å². The van der Waals surface area contributed by atoms with Crippen LogP contribution in [0.25, 0.3) is 0 Å². The standard InChI is InChI=1S/C15H28N2S/c1-12(2)15-11-16-7-3-5-13(16)9-17(15)10-14-6-4-8-18-14/h12-15H,3-11H2,1-2H3. The van der Waals surface area contributed by atoms with E-state index in [4.69, 9.17) is 0 Å². The maximum atomic E-state index is 2.85. The van der Waals surface area contributed by atoms with Crippen molar-refractivity contribution in [3.05, 3.63) is 0 Å². The van der Waals surface area contributed by atoms with Gasteiger partial charge in [-0.25, -0.2) is 0 Å². The third-order valence-electron chi connectivity index (χ3n) is 5.07. The molecule has 0 aromatic rings. The highest BCUT2D eigenvalue weighted by molar-refractivity contribution is 8.00. The van der Waals surface area contributed by atoms with Gasteiger partial charge in [-0.05, 0) is 43.9 Å². The molecule has 3 aliphatic heterocycles. The molecule has 18 heavy (non-hydrogen) atoms. The minimum absolute atomic E-state index is 0.804. The fraction of sp³-hybridized carbons (Fsp3) is 1.00. The topological polar surface area (TPSA) is 6.48 Å². The molecule has 3 unspecified atom stereocenters. The Bertz CT molecular complexity index is 274. The maximum absolute atomic E-state index is 2.85. The van der Waals surface area contributed by atoms with Crippen LogP contribution in [0.4, 0.5) is 0 Å². The number of hydrogen-bond donors (Lipinski definition) is 0. The van der Waals surface area contributed by atoms with Gasteiger partial charge >= 0.3 is 0 Å². The van der Waals surface area contributed by atoms with Crippen LogP contribution in [0, 0.1) is 5.92 Å². The quantitative estimate of drug-likeness (QED) is 0.777. The number of hydrogen-bond acceptors (Lipinski definition) is 3. The van der Waals surface area contributed by atoms with Gasteiger partial charge < -0.3 is 0 Å². The minimum Gasteiger partial charge on any atom is -0.298 e. The molecule has 0 radical (unpaired) electrons. The predicted molar refractivity (Wildman–Crippen MR) is 80.3 cm³/mol. The average molecular weight is 268 g/mol. The lowest BCUT2D eigenvalue weighted by Crippen LogP contribution is -2.58. The van der Waals surface area contributed by atoms with E-state index in [0.717, 1.165) is 23.3 Å². The normalized spacial score (nSPS) is 38.5. The van der Waals surface area contributed by atoms with Crippen molar-refractivity contribution >= 4 is 11.8 Å². The van der Waals surface area contributed by atoms with Gasteiger partial charge in [0, 0.05) is 37.0 Å². The zero-order valence-corrected chi connectivity index (χ0v) is 12.8. The number of rotatable bonds is 3. The molecule has 0 spiro atoms. The van der Waals surface area contributed by atoms with Gasteiger partial charge in [0.2, 0.25) is 0 Å². The summed E-state index contributed by atoms with van der Waals surface area (Å²) in [7, 11) is 0. The fourth-order valence-electron chi connectivity index (χ4n) is 4.00. The number of piperazine rings is 1.